The Kier molecular flexibility index (Phi) is 6.29. The lowest BCUT2D eigenvalue weighted by molar-refractivity contribution is 0.0954. The average Bonchev–Trinajstić information content (AvgIpc) is 3.49. The molecule has 1 heterocycles. The average molecular weight is 386 g/mol. The minimum atomic E-state index is -0.134. The number of rotatable bonds is 7. The Bertz CT molecular complexity index is 805. The summed E-state index contributed by atoms with van der Waals surface area (Å²) in [5, 5.41) is 10.2. The van der Waals surface area contributed by atoms with Crippen LogP contribution in [-0.4, -0.2) is 43.5 Å². The molecule has 2 aromatic rings. The SMILES string of the molecule is CN=C(NCCNC(=O)c1cccnc1)NCC1(c2cccc(Cl)c2)CC1. The standard InChI is InChI=1S/C20H24ClN5O/c1-22-19(25-11-10-24-18(27)15-4-3-9-23-13-15)26-14-20(7-8-20)16-5-2-6-17(21)12-16/h2-6,9,12-13H,7-8,10-11,14H2,1H3,(H,24,27)(H2,22,25,26). The molecule has 1 aromatic carbocycles. The van der Waals surface area contributed by atoms with Crippen LogP contribution in [0.1, 0.15) is 28.8 Å². The molecule has 1 aromatic heterocycles. The number of carbonyl (C=O) groups excluding carboxylic acids is 1. The lowest BCUT2D eigenvalue weighted by atomic mass is 9.96. The van der Waals surface area contributed by atoms with Gasteiger partial charge in [0.15, 0.2) is 5.96 Å². The number of aromatic nitrogens is 1. The Morgan fingerprint density at radius 3 is 2.67 bits per heavy atom. The Morgan fingerprint density at radius 1 is 1.19 bits per heavy atom. The predicted octanol–water partition coefficient (Wildman–Crippen LogP) is 2.36. The van der Waals surface area contributed by atoms with Crippen molar-refractivity contribution in [3.05, 3.63) is 64.9 Å². The van der Waals surface area contributed by atoms with Gasteiger partial charge in [-0.2, -0.15) is 0 Å². The van der Waals surface area contributed by atoms with E-state index in [9.17, 15) is 4.79 Å². The molecule has 0 bridgehead atoms. The van der Waals surface area contributed by atoms with Crippen molar-refractivity contribution in [2.75, 3.05) is 26.7 Å². The van der Waals surface area contributed by atoms with E-state index in [1.54, 1.807) is 31.6 Å². The zero-order valence-corrected chi connectivity index (χ0v) is 16.1. The highest BCUT2D eigenvalue weighted by Gasteiger charge is 2.44. The van der Waals surface area contributed by atoms with Gasteiger partial charge in [-0.15, -0.1) is 0 Å². The van der Waals surface area contributed by atoms with E-state index in [4.69, 9.17) is 11.6 Å². The summed E-state index contributed by atoms with van der Waals surface area (Å²) < 4.78 is 0. The third kappa shape index (κ3) is 5.20. The van der Waals surface area contributed by atoms with Gasteiger partial charge in [-0.25, -0.2) is 0 Å². The number of aliphatic imine (C=N–C) groups is 1. The van der Waals surface area contributed by atoms with Gasteiger partial charge in [0.25, 0.3) is 5.91 Å². The first-order chi connectivity index (χ1) is 13.1. The molecule has 1 amide bonds. The summed E-state index contributed by atoms with van der Waals surface area (Å²) in [5.41, 5.74) is 1.95. The summed E-state index contributed by atoms with van der Waals surface area (Å²) in [6.07, 6.45) is 5.47. The first kappa shape index (κ1) is 19.2. The molecular formula is C20H24ClN5O. The summed E-state index contributed by atoms with van der Waals surface area (Å²) in [6.45, 7) is 1.87. The van der Waals surface area contributed by atoms with E-state index in [1.807, 2.05) is 18.2 Å². The van der Waals surface area contributed by atoms with Crippen molar-refractivity contribution in [3.8, 4) is 0 Å². The number of amides is 1. The smallest absolute Gasteiger partial charge is 0.252 e. The number of nitrogens with zero attached hydrogens (tertiary/aromatic N) is 2. The maximum absolute atomic E-state index is 12.0. The number of halogens is 1. The van der Waals surface area contributed by atoms with Crippen molar-refractivity contribution in [2.45, 2.75) is 18.3 Å². The first-order valence-electron chi connectivity index (χ1n) is 9.02. The highest BCUT2D eigenvalue weighted by molar-refractivity contribution is 6.30. The Hall–Kier alpha value is -2.60. The summed E-state index contributed by atoms with van der Waals surface area (Å²) >= 11 is 6.13. The minimum Gasteiger partial charge on any atom is -0.356 e. The van der Waals surface area contributed by atoms with Crippen LogP contribution in [-0.2, 0) is 5.41 Å². The molecule has 3 rings (SSSR count). The van der Waals surface area contributed by atoms with Crippen LogP contribution in [0, 0.1) is 0 Å². The lowest BCUT2D eigenvalue weighted by Crippen LogP contribution is -2.44. The van der Waals surface area contributed by atoms with Crippen LogP contribution < -0.4 is 16.0 Å². The summed E-state index contributed by atoms with van der Waals surface area (Å²) in [6, 6.07) is 11.5. The van der Waals surface area contributed by atoms with Crippen molar-refractivity contribution >= 4 is 23.5 Å². The zero-order chi connectivity index (χ0) is 19.1. The highest BCUT2D eigenvalue weighted by Crippen LogP contribution is 2.48. The van der Waals surface area contributed by atoms with E-state index in [-0.39, 0.29) is 11.3 Å². The quantitative estimate of drug-likeness (QED) is 0.388. The molecule has 1 fully saturated rings. The molecule has 0 aliphatic heterocycles. The number of benzene rings is 1. The molecular weight excluding hydrogens is 362 g/mol. The molecule has 0 radical (unpaired) electrons. The van der Waals surface area contributed by atoms with Crippen molar-refractivity contribution in [1.82, 2.24) is 20.9 Å². The second-order valence-electron chi connectivity index (χ2n) is 6.64. The van der Waals surface area contributed by atoms with Crippen LogP contribution in [0.15, 0.2) is 53.8 Å². The molecule has 6 nitrogen and oxygen atoms in total. The number of guanidine groups is 1. The topological polar surface area (TPSA) is 78.4 Å². The van der Waals surface area contributed by atoms with Gasteiger partial charge in [-0.1, -0.05) is 23.7 Å². The van der Waals surface area contributed by atoms with Gasteiger partial charge in [0.05, 0.1) is 5.56 Å². The van der Waals surface area contributed by atoms with Crippen LogP contribution in [0.3, 0.4) is 0 Å². The molecule has 0 saturated heterocycles. The molecule has 1 saturated carbocycles. The molecule has 0 spiro atoms. The van der Waals surface area contributed by atoms with Gasteiger partial charge < -0.3 is 16.0 Å². The van der Waals surface area contributed by atoms with E-state index in [2.05, 4.69) is 32.0 Å². The van der Waals surface area contributed by atoms with Gasteiger partial charge in [-0.3, -0.25) is 14.8 Å². The van der Waals surface area contributed by atoms with E-state index in [1.165, 1.54) is 5.56 Å². The Balaban J connectivity index is 1.42. The predicted molar refractivity (Wildman–Crippen MR) is 108 cm³/mol. The van der Waals surface area contributed by atoms with Crippen molar-refractivity contribution < 1.29 is 4.79 Å². The molecule has 0 unspecified atom stereocenters. The second kappa shape index (κ2) is 8.86. The fraction of sp³-hybridized carbons (Fsp3) is 0.350. The largest absolute Gasteiger partial charge is 0.356 e. The molecule has 7 heteroatoms. The van der Waals surface area contributed by atoms with E-state index in [0.29, 0.717) is 18.7 Å². The normalized spacial score (nSPS) is 15.1. The van der Waals surface area contributed by atoms with Crippen LogP contribution in [0.4, 0.5) is 0 Å². The minimum absolute atomic E-state index is 0.134. The zero-order valence-electron chi connectivity index (χ0n) is 15.3. The summed E-state index contributed by atoms with van der Waals surface area (Å²) in [5.74, 6) is 0.588. The van der Waals surface area contributed by atoms with Gasteiger partial charge >= 0.3 is 0 Å². The molecule has 1 aliphatic carbocycles. The van der Waals surface area contributed by atoms with Crippen molar-refractivity contribution in [2.24, 2.45) is 4.99 Å². The summed E-state index contributed by atoms with van der Waals surface area (Å²) in [4.78, 5) is 20.2. The van der Waals surface area contributed by atoms with Gasteiger partial charge in [0.2, 0.25) is 0 Å². The van der Waals surface area contributed by atoms with Gasteiger partial charge in [0, 0.05) is 49.5 Å². The third-order valence-electron chi connectivity index (χ3n) is 4.74. The fourth-order valence-electron chi connectivity index (χ4n) is 2.97. The van der Waals surface area contributed by atoms with Crippen molar-refractivity contribution in [1.29, 1.82) is 0 Å². The Morgan fingerprint density at radius 2 is 2.00 bits per heavy atom. The number of hydrogen-bond acceptors (Lipinski definition) is 3. The monoisotopic (exact) mass is 385 g/mol. The third-order valence-corrected chi connectivity index (χ3v) is 4.97. The fourth-order valence-corrected chi connectivity index (χ4v) is 3.16. The number of carbonyl (C=O) groups is 1. The number of hydrogen-bond donors (Lipinski definition) is 3. The van der Waals surface area contributed by atoms with Crippen LogP contribution in [0.5, 0.6) is 0 Å². The van der Waals surface area contributed by atoms with E-state index < -0.39 is 0 Å². The van der Waals surface area contributed by atoms with Crippen molar-refractivity contribution in [3.63, 3.8) is 0 Å². The van der Waals surface area contributed by atoms with Gasteiger partial charge in [-0.05, 0) is 42.7 Å². The molecule has 142 valence electrons. The molecule has 3 N–H and O–H groups in total. The highest BCUT2D eigenvalue weighted by atomic mass is 35.5. The van der Waals surface area contributed by atoms with Gasteiger partial charge in [0.1, 0.15) is 0 Å². The number of nitrogens with one attached hydrogen (secondary N) is 3. The molecule has 1 aliphatic rings. The molecule has 27 heavy (non-hydrogen) atoms. The maximum Gasteiger partial charge on any atom is 0.252 e. The first-order valence-corrected chi connectivity index (χ1v) is 9.39. The lowest BCUT2D eigenvalue weighted by Gasteiger charge is -2.19. The Labute approximate surface area is 164 Å². The summed E-state index contributed by atoms with van der Waals surface area (Å²) in [7, 11) is 1.74. The van der Waals surface area contributed by atoms with Crippen LogP contribution in [0.25, 0.3) is 0 Å². The van der Waals surface area contributed by atoms with E-state index in [0.717, 1.165) is 30.4 Å². The van der Waals surface area contributed by atoms with Crippen LogP contribution in [0.2, 0.25) is 5.02 Å². The van der Waals surface area contributed by atoms with Crippen LogP contribution >= 0.6 is 11.6 Å². The van der Waals surface area contributed by atoms with E-state index >= 15 is 0 Å². The number of pyridine rings is 1. The second-order valence-corrected chi connectivity index (χ2v) is 7.08. The maximum atomic E-state index is 12.0. The molecule has 0 atom stereocenters.